The Hall–Kier alpha value is -5.32. The first-order chi connectivity index (χ1) is 22.7. The van der Waals surface area contributed by atoms with Crippen LogP contribution in [-0.2, 0) is 5.41 Å². The van der Waals surface area contributed by atoms with Crippen LogP contribution in [0.15, 0.2) is 108 Å². The molecule has 220 valence electrons. The summed E-state index contributed by atoms with van der Waals surface area (Å²) < 4.78 is 6.38. The van der Waals surface area contributed by atoms with E-state index in [-0.39, 0.29) is 5.41 Å². The van der Waals surface area contributed by atoms with Crippen LogP contribution in [0, 0.1) is 46.3 Å². The molecule has 0 unspecified atom stereocenters. The van der Waals surface area contributed by atoms with Gasteiger partial charge in [0.05, 0.1) is 40.0 Å². The Labute approximate surface area is 268 Å². The second-order valence-electron chi connectivity index (χ2n) is 14.0. The van der Waals surface area contributed by atoms with Crippen molar-refractivity contribution in [2.75, 3.05) is 4.90 Å². The highest BCUT2D eigenvalue weighted by atomic mass is 16.3. The number of benzene rings is 5. The normalized spacial score (nSPS) is 25.0. The van der Waals surface area contributed by atoms with Crippen LogP contribution in [0.3, 0.4) is 0 Å². The Bertz CT molecular complexity index is 2270. The lowest BCUT2D eigenvalue weighted by Gasteiger charge is -2.61. The van der Waals surface area contributed by atoms with Crippen LogP contribution in [0.2, 0.25) is 0 Å². The third-order valence-corrected chi connectivity index (χ3v) is 11.9. The molecule has 4 heteroatoms. The Balaban J connectivity index is 1.30. The lowest BCUT2D eigenvalue weighted by atomic mass is 9.43. The smallest absolute Gasteiger partial charge is 0.137 e. The molecule has 46 heavy (non-hydrogen) atoms. The number of hydrogen-bond acceptors (Lipinski definition) is 4. The van der Waals surface area contributed by atoms with Crippen molar-refractivity contribution in [1.29, 1.82) is 10.5 Å². The molecule has 0 saturated heterocycles. The van der Waals surface area contributed by atoms with Crippen LogP contribution in [0.4, 0.5) is 17.1 Å². The van der Waals surface area contributed by atoms with Gasteiger partial charge in [0, 0.05) is 22.1 Å². The van der Waals surface area contributed by atoms with Crippen molar-refractivity contribution in [1.82, 2.24) is 0 Å². The Morgan fingerprint density at radius 3 is 2.02 bits per heavy atom. The molecule has 4 saturated carbocycles. The number of hydrogen-bond donors (Lipinski definition) is 0. The quantitative estimate of drug-likeness (QED) is 0.205. The first-order valence-electron chi connectivity index (χ1n) is 16.6. The fraction of sp³-hybridized carbons (Fsp3) is 0.238. The molecule has 5 aliphatic rings. The van der Waals surface area contributed by atoms with Crippen molar-refractivity contribution in [3.63, 3.8) is 0 Å². The van der Waals surface area contributed by atoms with Crippen molar-refractivity contribution in [3.05, 3.63) is 125 Å². The van der Waals surface area contributed by atoms with Gasteiger partial charge in [0.1, 0.15) is 11.2 Å². The van der Waals surface area contributed by atoms with Crippen LogP contribution < -0.4 is 4.90 Å². The van der Waals surface area contributed by atoms with Crippen LogP contribution in [0.25, 0.3) is 33.1 Å². The van der Waals surface area contributed by atoms with Gasteiger partial charge in [-0.25, -0.2) is 0 Å². The zero-order valence-corrected chi connectivity index (χ0v) is 25.4. The standard InChI is InChI=1S/C42H31N3O/c43-23-27-16-28(24-44)22-31(21-27)45(37-12-6-14-39-41(37)33-8-2-4-13-38(33)46-39)36-11-5-10-35-40(36)32-7-1-3-9-34(32)42(35)29-17-25-15-26(19-29)20-30(42)18-25/h1-14,16,21-22,25-26,29-30H,15,17-20H2. The zero-order chi connectivity index (χ0) is 30.6. The number of rotatable bonds is 3. The topological polar surface area (TPSA) is 64.0 Å². The summed E-state index contributed by atoms with van der Waals surface area (Å²) in [6.07, 6.45) is 6.72. The number of anilines is 3. The summed E-state index contributed by atoms with van der Waals surface area (Å²) in [6.45, 7) is 0. The number of fused-ring (bicyclic) bond motifs is 6. The minimum Gasteiger partial charge on any atom is -0.456 e. The highest BCUT2D eigenvalue weighted by molar-refractivity contribution is 6.14. The predicted octanol–water partition coefficient (Wildman–Crippen LogP) is 10.5. The molecule has 0 atom stereocenters. The Morgan fingerprint density at radius 2 is 1.26 bits per heavy atom. The number of nitriles is 2. The summed E-state index contributed by atoms with van der Waals surface area (Å²) in [5, 5.41) is 22.2. The summed E-state index contributed by atoms with van der Waals surface area (Å²) >= 11 is 0. The molecular formula is C42H31N3O. The van der Waals surface area contributed by atoms with Crippen molar-refractivity contribution >= 4 is 39.0 Å². The van der Waals surface area contributed by atoms with E-state index in [4.69, 9.17) is 4.42 Å². The molecule has 5 aliphatic carbocycles. The van der Waals surface area contributed by atoms with Gasteiger partial charge in [-0.05, 0) is 115 Å². The number of para-hydroxylation sites is 1. The third kappa shape index (κ3) is 3.32. The van der Waals surface area contributed by atoms with E-state index < -0.39 is 0 Å². The van der Waals surface area contributed by atoms with Crippen LogP contribution >= 0.6 is 0 Å². The molecule has 4 bridgehead atoms. The van der Waals surface area contributed by atoms with Gasteiger partial charge in [0.25, 0.3) is 0 Å². The Morgan fingerprint density at radius 1 is 0.630 bits per heavy atom. The van der Waals surface area contributed by atoms with E-state index >= 15 is 0 Å². The maximum atomic E-state index is 10.1. The summed E-state index contributed by atoms with van der Waals surface area (Å²) in [5.74, 6) is 3.05. The SMILES string of the molecule is N#Cc1cc(C#N)cc(N(c2cccc3c2-c2ccccc2C32C3CC4CC(C3)CC2C4)c2cccc3oc4ccccc4c23)c1. The molecule has 0 N–H and O–H groups in total. The van der Waals surface area contributed by atoms with Crippen molar-refractivity contribution in [2.24, 2.45) is 23.7 Å². The molecule has 1 spiro atoms. The average molecular weight is 594 g/mol. The van der Waals surface area contributed by atoms with Crippen LogP contribution in [0.1, 0.15) is 54.4 Å². The van der Waals surface area contributed by atoms with E-state index in [1.54, 1.807) is 6.07 Å². The van der Waals surface area contributed by atoms with Gasteiger partial charge in [-0.3, -0.25) is 0 Å². The molecule has 0 aliphatic heterocycles. The van der Waals surface area contributed by atoms with E-state index in [1.807, 2.05) is 36.4 Å². The van der Waals surface area contributed by atoms with Gasteiger partial charge in [-0.1, -0.05) is 60.7 Å². The summed E-state index contributed by atoms with van der Waals surface area (Å²) in [7, 11) is 0. The summed E-state index contributed by atoms with van der Waals surface area (Å²) in [6, 6.07) is 40.6. The van der Waals surface area contributed by atoms with Crippen molar-refractivity contribution in [2.45, 2.75) is 37.5 Å². The molecule has 4 fully saturated rings. The highest BCUT2D eigenvalue weighted by Crippen LogP contribution is 2.70. The zero-order valence-electron chi connectivity index (χ0n) is 25.4. The highest BCUT2D eigenvalue weighted by Gasteiger charge is 2.61. The minimum atomic E-state index is 0.0295. The van der Waals surface area contributed by atoms with E-state index in [2.05, 4.69) is 77.7 Å². The predicted molar refractivity (Wildman–Crippen MR) is 181 cm³/mol. The number of nitrogens with zero attached hydrogens (tertiary/aromatic N) is 3. The summed E-state index contributed by atoms with van der Waals surface area (Å²) in [4.78, 5) is 2.29. The fourth-order valence-electron chi connectivity index (χ4n) is 10.6. The largest absolute Gasteiger partial charge is 0.456 e. The Kier molecular flexibility index (Phi) is 5.28. The lowest BCUT2D eigenvalue weighted by Crippen LogP contribution is -2.55. The van der Waals surface area contributed by atoms with Gasteiger partial charge in [-0.15, -0.1) is 0 Å². The molecule has 4 nitrogen and oxygen atoms in total. The van der Waals surface area contributed by atoms with Crippen LogP contribution in [0.5, 0.6) is 0 Å². The minimum absolute atomic E-state index is 0.0295. The molecule has 1 heterocycles. The first-order valence-corrected chi connectivity index (χ1v) is 16.6. The van der Waals surface area contributed by atoms with E-state index in [9.17, 15) is 10.5 Å². The fourth-order valence-corrected chi connectivity index (χ4v) is 10.6. The van der Waals surface area contributed by atoms with Gasteiger partial charge in [0.15, 0.2) is 0 Å². The maximum Gasteiger partial charge on any atom is 0.137 e. The van der Waals surface area contributed by atoms with E-state index in [1.165, 1.54) is 54.4 Å². The lowest BCUT2D eigenvalue weighted by molar-refractivity contribution is -0.0399. The monoisotopic (exact) mass is 593 g/mol. The average Bonchev–Trinajstić information content (AvgIpc) is 3.62. The van der Waals surface area contributed by atoms with Gasteiger partial charge in [-0.2, -0.15) is 10.5 Å². The first kappa shape index (κ1) is 26.0. The van der Waals surface area contributed by atoms with Crippen molar-refractivity contribution in [3.8, 4) is 23.3 Å². The molecule has 11 rings (SSSR count). The molecule has 5 aromatic carbocycles. The summed E-state index contributed by atoms with van der Waals surface area (Å²) in [5.41, 5.74) is 11.0. The molecule has 0 radical (unpaired) electrons. The van der Waals surface area contributed by atoms with Gasteiger partial charge < -0.3 is 9.32 Å². The number of furan rings is 1. The molecule has 1 aromatic heterocycles. The van der Waals surface area contributed by atoms with E-state index in [0.717, 1.165) is 50.8 Å². The molecule has 6 aromatic rings. The maximum absolute atomic E-state index is 10.1. The van der Waals surface area contributed by atoms with E-state index in [0.29, 0.717) is 23.0 Å². The third-order valence-electron chi connectivity index (χ3n) is 11.9. The van der Waals surface area contributed by atoms with Gasteiger partial charge in [0.2, 0.25) is 0 Å². The van der Waals surface area contributed by atoms with Gasteiger partial charge >= 0.3 is 0 Å². The molecule has 0 amide bonds. The van der Waals surface area contributed by atoms with Crippen LogP contribution in [-0.4, -0.2) is 0 Å². The second kappa shape index (κ2) is 9.35. The second-order valence-corrected chi connectivity index (χ2v) is 14.0. The van der Waals surface area contributed by atoms with Crippen molar-refractivity contribution < 1.29 is 4.42 Å². The molecular weight excluding hydrogens is 562 g/mol.